The minimum absolute atomic E-state index is 0.372. The van der Waals surface area contributed by atoms with Crippen molar-refractivity contribution in [3.63, 3.8) is 0 Å². The molecule has 0 spiro atoms. The van der Waals surface area contributed by atoms with Crippen molar-refractivity contribution in [3.8, 4) is 0 Å². The van der Waals surface area contributed by atoms with Gasteiger partial charge in [-0.1, -0.05) is 20.8 Å². The Morgan fingerprint density at radius 3 is 2.33 bits per heavy atom. The van der Waals surface area contributed by atoms with Crippen LogP contribution in [0.15, 0.2) is 0 Å². The third-order valence-electron chi connectivity index (χ3n) is 0.781. The van der Waals surface area contributed by atoms with Crippen molar-refractivity contribution in [1.82, 2.24) is 5.43 Å². The van der Waals surface area contributed by atoms with Crippen molar-refractivity contribution >= 4 is 11.8 Å². The zero-order valence-corrected chi connectivity index (χ0v) is 7.22. The van der Waals surface area contributed by atoms with E-state index in [1.165, 1.54) is 0 Å². The van der Waals surface area contributed by atoms with E-state index in [-0.39, 0.29) is 0 Å². The minimum atomic E-state index is 0.372. The lowest BCUT2D eigenvalue weighted by Crippen LogP contribution is -2.25. The van der Waals surface area contributed by atoms with Crippen molar-refractivity contribution in [2.75, 3.05) is 12.3 Å². The molecule has 0 unspecified atom stereocenters. The third kappa shape index (κ3) is 8.27. The predicted molar refractivity (Wildman–Crippen MR) is 44.4 cm³/mol. The smallest absolute Gasteiger partial charge is 0.0189 e. The SMILES string of the molecule is CC(C)(C)SCCNN. The number of hydrazine groups is 1. The second-order valence-electron chi connectivity index (χ2n) is 2.91. The summed E-state index contributed by atoms with van der Waals surface area (Å²) in [5.41, 5.74) is 2.62. The molecule has 0 saturated heterocycles. The summed E-state index contributed by atoms with van der Waals surface area (Å²) in [7, 11) is 0. The fourth-order valence-corrected chi connectivity index (χ4v) is 1.25. The normalized spacial score (nSPS) is 12.0. The van der Waals surface area contributed by atoms with Crippen LogP contribution in [-0.2, 0) is 0 Å². The highest BCUT2D eigenvalue weighted by Crippen LogP contribution is 2.21. The quantitative estimate of drug-likeness (QED) is 0.356. The van der Waals surface area contributed by atoms with E-state index in [0.29, 0.717) is 4.75 Å². The first-order valence-corrected chi connectivity index (χ1v) is 4.12. The fraction of sp³-hybridized carbons (Fsp3) is 1.00. The van der Waals surface area contributed by atoms with Gasteiger partial charge in [0, 0.05) is 17.0 Å². The molecule has 3 N–H and O–H groups in total. The number of nitrogens with two attached hydrogens (primary N) is 1. The van der Waals surface area contributed by atoms with Gasteiger partial charge in [0.2, 0.25) is 0 Å². The number of hydrogen-bond acceptors (Lipinski definition) is 3. The lowest BCUT2D eigenvalue weighted by atomic mass is 10.3. The Bertz CT molecular complexity index is 67.9. The molecule has 0 heterocycles. The van der Waals surface area contributed by atoms with E-state index in [1.54, 1.807) is 0 Å². The van der Waals surface area contributed by atoms with E-state index in [2.05, 4.69) is 26.2 Å². The Hall–Kier alpha value is 0.270. The number of hydrogen-bond donors (Lipinski definition) is 2. The molecule has 3 heteroatoms. The summed E-state index contributed by atoms with van der Waals surface area (Å²) < 4.78 is 0.372. The van der Waals surface area contributed by atoms with Crippen LogP contribution >= 0.6 is 11.8 Å². The Morgan fingerprint density at radius 1 is 1.44 bits per heavy atom. The molecule has 0 aromatic heterocycles. The average molecular weight is 148 g/mol. The van der Waals surface area contributed by atoms with Gasteiger partial charge in [0.25, 0.3) is 0 Å². The molecule has 0 fully saturated rings. The molecule has 0 saturated carbocycles. The van der Waals surface area contributed by atoms with Crippen LogP contribution < -0.4 is 11.3 Å². The fourth-order valence-electron chi connectivity index (χ4n) is 0.416. The molecule has 0 aromatic carbocycles. The predicted octanol–water partition coefficient (Wildman–Crippen LogP) is 0.981. The summed E-state index contributed by atoms with van der Waals surface area (Å²) in [4.78, 5) is 0. The Labute approximate surface area is 61.5 Å². The first kappa shape index (κ1) is 9.27. The first-order valence-electron chi connectivity index (χ1n) is 3.14. The summed E-state index contributed by atoms with van der Waals surface area (Å²) in [6.07, 6.45) is 0. The van der Waals surface area contributed by atoms with Crippen molar-refractivity contribution in [3.05, 3.63) is 0 Å². The average Bonchev–Trinajstić information content (AvgIpc) is 1.63. The molecule has 56 valence electrons. The zero-order chi connectivity index (χ0) is 7.33. The van der Waals surface area contributed by atoms with Gasteiger partial charge in [-0.3, -0.25) is 11.3 Å². The van der Waals surface area contributed by atoms with Crippen LogP contribution in [0, 0.1) is 0 Å². The molecule has 0 amide bonds. The van der Waals surface area contributed by atoms with Gasteiger partial charge in [-0.05, 0) is 0 Å². The van der Waals surface area contributed by atoms with Crippen LogP contribution in [0.25, 0.3) is 0 Å². The zero-order valence-electron chi connectivity index (χ0n) is 6.40. The lowest BCUT2D eigenvalue weighted by molar-refractivity contribution is 0.769. The Balaban J connectivity index is 3.07. The van der Waals surface area contributed by atoms with Crippen LogP contribution in [0.2, 0.25) is 0 Å². The number of rotatable bonds is 3. The third-order valence-corrected chi connectivity index (χ3v) is 2.06. The molecular weight excluding hydrogens is 132 g/mol. The molecule has 0 aliphatic carbocycles. The molecule has 2 nitrogen and oxygen atoms in total. The highest BCUT2D eigenvalue weighted by Gasteiger charge is 2.08. The number of nitrogens with one attached hydrogen (secondary N) is 1. The standard InChI is InChI=1S/C6H16N2S/c1-6(2,3)9-5-4-8-7/h8H,4-5,7H2,1-3H3. The maximum absolute atomic E-state index is 5.09. The lowest BCUT2D eigenvalue weighted by Gasteiger charge is -2.16. The first-order chi connectivity index (χ1) is 4.06. The molecule has 0 bridgehead atoms. The Kier molecular flexibility index (Phi) is 4.27. The highest BCUT2D eigenvalue weighted by atomic mass is 32.2. The van der Waals surface area contributed by atoms with Gasteiger partial charge in [-0.15, -0.1) is 0 Å². The second-order valence-corrected chi connectivity index (χ2v) is 4.84. The van der Waals surface area contributed by atoms with E-state index >= 15 is 0 Å². The van der Waals surface area contributed by atoms with Crippen molar-refractivity contribution in [2.24, 2.45) is 5.84 Å². The topological polar surface area (TPSA) is 38.0 Å². The van der Waals surface area contributed by atoms with E-state index in [9.17, 15) is 0 Å². The van der Waals surface area contributed by atoms with Crippen LogP contribution in [0.4, 0.5) is 0 Å². The number of thioether (sulfide) groups is 1. The maximum atomic E-state index is 5.09. The minimum Gasteiger partial charge on any atom is -0.271 e. The molecule has 0 aromatic rings. The van der Waals surface area contributed by atoms with Crippen molar-refractivity contribution in [2.45, 2.75) is 25.5 Å². The Morgan fingerprint density at radius 2 is 2.00 bits per heavy atom. The molecule has 0 atom stereocenters. The van der Waals surface area contributed by atoms with Gasteiger partial charge in [0.15, 0.2) is 0 Å². The largest absolute Gasteiger partial charge is 0.271 e. The monoisotopic (exact) mass is 148 g/mol. The molecule has 9 heavy (non-hydrogen) atoms. The van der Waals surface area contributed by atoms with Crippen LogP contribution in [0.5, 0.6) is 0 Å². The van der Waals surface area contributed by atoms with E-state index in [1.807, 2.05) is 11.8 Å². The summed E-state index contributed by atoms with van der Waals surface area (Å²) in [5.74, 6) is 6.18. The molecule has 0 radical (unpaired) electrons. The van der Waals surface area contributed by atoms with Gasteiger partial charge in [-0.25, -0.2) is 0 Å². The van der Waals surface area contributed by atoms with Crippen molar-refractivity contribution < 1.29 is 0 Å². The van der Waals surface area contributed by atoms with E-state index in [0.717, 1.165) is 12.3 Å². The van der Waals surface area contributed by atoms with Gasteiger partial charge in [-0.2, -0.15) is 11.8 Å². The molecule has 0 aliphatic heterocycles. The second kappa shape index (κ2) is 4.14. The summed E-state index contributed by atoms with van der Waals surface area (Å²) >= 11 is 1.92. The molecule has 0 aliphatic rings. The van der Waals surface area contributed by atoms with Gasteiger partial charge in [0.1, 0.15) is 0 Å². The molecule has 0 rings (SSSR count). The van der Waals surface area contributed by atoms with Crippen LogP contribution in [0.3, 0.4) is 0 Å². The summed E-state index contributed by atoms with van der Waals surface area (Å²) in [5, 5.41) is 0. The highest BCUT2D eigenvalue weighted by molar-refractivity contribution is 8.00. The molecular formula is C6H16N2S. The summed E-state index contributed by atoms with van der Waals surface area (Å²) in [6.45, 7) is 7.50. The van der Waals surface area contributed by atoms with Crippen LogP contribution in [0.1, 0.15) is 20.8 Å². The van der Waals surface area contributed by atoms with E-state index < -0.39 is 0 Å². The maximum Gasteiger partial charge on any atom is 0.0189 e. The summed E-state index contributed by atoms with van der Waals surface area (Å²) in [6, 6.07) is 0. The van der Waals surface area contributed by atoms with Crippen molar-refractivity contribution in [1.29, 1.82) is 0 Å². The van der Waals surface area contributed by atoms with Crippen LogP contribution in [-0.4, -0.2) is 17.0 Å². The van der Waals surface area contributed by atoms with Gasteiger partial charge >= 0.3 is 0 Å². The van der Waals surface area contributed by atoms with Gasteiger partial charge in [0.05, 0.1) is 0 Å². The van der Waals surface area contributed by atoms with E-state index in [4.69, 9.17) is 5.84 Å². The van der Waals surface area contributed by atoms with Gasteiger partial charge < -0.3 is 0 Å².